The molecule has 166 valence electrons. The Morgan fingerprint density at radius 2 is 1.75 bits per heavy atom. The topological polar surface area (TPSA) is 85.0 Å². The number of nitrogens with two attached hydrogens (primary N) is 1. The van der Waals surface area contributed by atoms with Crippen LogP contribution < -0.4 is 15.4 Å². The number of hydrogen-bond acceptors (Lipinski definition) is 6. The number of hydrogen-bond donors (Lipinski definition) is 2. The van der Waals surface area contributed by atoms with Gasteiger partial charge in [-0.25, -0.2) is 4.79 Å². The van der Waals surface area contributed by atoms with Crippen molar-refractivity contribution in [1.82, 2.24) is 0 Å². The molecule has 0 saturated carbocycles. The van der Waals surface area contributed by atoms with E-state index < -0.39 is 11.6 Å². The number of carbonyl (C=O) groups is 1. The Kier molecular flexibility index (Phi) is 5.80. The zero-order valence-corrected chi connectivity index (χ0v) is 18.6. The van der Waals surface area contributed by atoms with Crippen LogP contribution in [0.3, 0.4) is 0 Å². The molecule has 1 unspecified atom stereocenters. The summed E-state index contributed by atoms with van der Waals surface area (Å²) < 4.78 is 11.8. The lowest BCUT2D eigenvalue weighted by Crippen LogP contribution is -2.31. The van der Waals surface area contributed by atoms with Crippen LogP contribution in [-0.2, 0) is 16.9 Å². The Hall–Kier alpha value is -3.51. The zero-order chi connectivity index (χ0) is 22.9. The smallest absolute Gasteiger partial charge is 0.340 e. The number of methoxy groups -OCH3 is 1. The van der Waals surface area contributed by atoms with Crippen LogP contribution >= 0.6 is 0 Å². The van der Waals surface area contributed by atoms with E-state index in [-0.39, 0.29) is 5.75 Å². The number of aromatic hydroxyl groups is 1. The van der Waals surface area contributed by atoms with Gasteiger partial charge < -0.3 is 25.2 Å². The fourth-order valence-electron chi connectivity index (χ4n) is 4.52. The van der Waals surface area contributed by atoms with Crippen molar-refractivity contribution in [3.63, 3.8) is 0 Å². The van der Waals surface area contributed by atoms with Crippen molar-refractivity contribution in [2.24, 2.45) is 5.73 Å². The number of ether oxygens (including phenoxy) is 2. The first-order valence-electron chi connectivity index (χ1n) is 10.8. The third kappa shape index (κ3) is 3.28. The molecule has 0 aliphatic carbocycles. The van der Waals surface area contributed by atoms with Gasteiger partial charge in [-0.1, -0.05) is 24.3 Å². The molecule has 6 nitrogen and oxygen atoms in total. The summed E-state index contributed by atoms with van der Waals surface area (Å²) in [5.41, 5.74) is 8.52. The van der Waals surface area contributed by atoms with Gasteiger partial charge in [0, 0.05) is 48.1 Å². The summed E-state index contributed by atoms with van der Waals surface area (Å²) in [5, 5.41) is 11.2. The van der Waals surface area contributed by atoms with Gasteiger partial charge in [0.2, 0.25) is 0 Å². The average Bonchev–Trinajstić information content (AvgIpc) is 3.12. The first-order valence-corrected chi connectivity index (χ1v) is 10.8. The molecule has 4 rings (SSSR count). The van der Waals surface area contributed by atoms with E-state index in [9.17, 15) is 9.90 Å². The highest BCUT2D eigenvalue weighted by Gasteiger charge is 2.51. The Bertz CT molecular complexity index is 1160. The van der Waals surface area contributed by atoms with E-state index in [1.54, 1.807) is 25.3 Å². The minimum Gasteiger partial charge on any atom is -0.507 e. The molecule has 1 atom stereocenters. The molecule has 1 heterocycles. The minimum atomic E-state index is -1.37. The van der Waals surface area contributed by atoms with Gasteiger partial charge in [-0.3, -0.25) is 0 Å². The van der Waals surface area contributed by atoms with E-state index >= 15 is 0 Å². The molecule has 1 aliphatic heterocycles. The molecule has 0 aromatic heterocycles. The van der Waals surface area contributed by atoms with Crippen molar-refractivity contribution in [1.29, 1.82) is 0 Å². The number of rotatable bonds is 7. The van der Waals surface area contributed by atoms with Crippen LogP contribution in [-0.4, -0.2) is 31.3 Å². The maximum Gasteiger partial charge on any atom is 0.340 e. The highest BCUT2D eigenvalue weighted by atomic mass is 16.6. The van der Waals surface area contributed by atoms with Gasteiger partial charge in [0.1, 0.15) is 11.5 Å². The fourth-order valence-corrected chi connectivity index (χ4v) is 4.52. The van der Waals surface area contributed by atoms with Crippen molar-refractivity contribution >= 4 is 11.7 Å². The van der Waals surface area contributed by atoms with Crippen molar-refractivity contribution < 1.29 is 19.4 Å². The summed E-state index contributed by atoms with van der Waals surface area (Å²) in [7, 11) is 1.57. The van der Waals surface area contributed by atoms with E-state index in [1.807, 2.05) is 42.5 Å². The Labute approximate surface area is 188 Å². The lowest BCUT2D eigenvalue weighted by atomic mass is 9.78. The van der Waals surface area contributed by atoms with Crippen molar-refractivity contribution in [3.05, 3.63) is 88.5 Å². The first kappa shape index (κ1) is 21.7. The van der Waals surface area contributed by atoms with Crippen molar-refractivity contribution in [2.75, 3.05) is 25.1 Å². The molecule has 3 aromatic rings. The van der Waals surface area contributed by atoms with Gasteiger partial charge in [0.05, 0.1) is 12.7 Å². The molecule has 3 N–H and O–H groups in total. The van der Waals surface area contributed by atoms with Crippen LogP contribution in [0.4, 0.5) is 5.69 Å². The number of fused-ring (bicyclic) bond motifs is 1. The van der Waals surface area contributed by atoms with Gasteiger partial charge in [0.25, 0.3) is 0 Å². The minimum absolute atomic E-state index is 0.0408. The Morgan fingerprint density at radius 1 is 1.00 bits per heavy atom. The monoisotopic (exact) mass is 432 g/mol. The van der Waals surface area contributed by atoms with E-state index in [4.69, 9.17) is 15.2 Å². The lowest BCUT2D eigenvalue weighted by Gasteiger charge is -2.33. The molecule has 0 amide bonds. The Morgan fingerprint density at radius 3 is 2.41 bits per heavy atom. The second-order valence-corrected chi connectivity index (χ2v) is 7.73. The molecule has 6 heteroatoms. The van der Waals surface area contributed by atoms with Gasteiger partial charge in [-0.2, -0.15) is 0 Å². The normalized spacial score (nSPS) is 17.1. The van der Waals surface area contributed by atoms with Crippen molar-refractivity contribution in [2.45, 2.75) is 26.0 Å². The molecule has 32 heavy (non-hydrogen) atoms. The molecule has 0 fully saturated rings. The molecule has 0 spiro atoms. The molecular formula is C26H28N2O4. The maximum atomic E-state index is 13.0. The summed E-state index contributed by atoms with van der Waals surface area (Å²) in [6.45, 7) is 6.06. The van der Waals surface area contributed by atoms with Crippen LogP contribution in [0.15, 0.2) is 60.7 Å². The molecular weight excluding hydrogens is 404 g/mol. The summed E-state index contributed by atoms with van der Waals surface area (Å²) in [5.74, 6) is 0.131. The van der Waals surface area contributed by atoms with Gasteiger partial charge in [0.15, 0.2) is 5.60 Å². The second-order valence-electron chi connectivity index (χ2n) is 7.73. The third-order valence-corrected chi connectivity index (χ3v) is 6.14. The molecule has 0 saturated heterocycles. The highest BCUT2D eigenvalue weighted by Crippen LogP contribution is 2.52. The standard InChI is InChI=1S/C26H28N2O4/c1-4-28(5-2)18-11-12-21(23(29)15-18)26(20-9-7-6-8-19(20)25(30)32-26)22-14-17(16-27)10-13-24(22)31-3/h6-15,29H,4-5,16,27H2,1-3H3. The first-order chi connectivity index (χ1) is 15.5. The average molecular weight is 433 g/mol. The quantitative estimate of drug-likeness (QED) is 0.545. The summed E-state index contributed by atoms with van der Waals surface area (Å²) >= 11 is 0. The number of esters is 1. The van der Waals surface area contributed by atoms with Crippen LogP contribution in [0.5, 0.6) is 11.5 Å². The van der Waals surface area contributed by atoms with Gasteiger partial charge >= 0.3 is 5.97 Å². The summed E-state index contributed by atoms with van der Waals surface area (Å²) in [6, 6.07) is 18.3. The highest BCUT2D eigenvalue weighted by molar-refractivity contribution is 5.96. The number of nitrogens with zero attached hydrogens (tertiary/aromatic N) is 1. The van der Waals surface area contributed by atoms with Crippen molar-refractivity contribution in [3.8, 4) is 11.5 Å². The number of phenols is 1. The number of benzene rings is 3. The van der Waals surface area contributed by atoms with Gasteiger partial charge in [-0.05, 0) is 49.7 Å². The summed E-state index contributed by atoms with van der Waals surface area (Å²) in [6.07, 6.45) is 0. The van der Waals surface area contributed by atoms with E-state index in [2.05, 4.69) is 18.7 Å². The number of phenolic OH excluding ortho intramolecular Hbond substituents is 1. The molecule has 0 radical (unpaired) electrons. The van der Waals surface area contributed by atoms with E-state index in [0.29, 0.717) is 34.5 Å². The third-order valence-electron chi connectivity index (χ3n) is 6.14. The van der Waals surface area contributed by atoms with Crippen LogP contribution in [0.2, 0.25) is 0 Å². The zero-order valence-electron chi connectivity index (χ0n) is 18.6. The van der Waals surface area contributed by atoms with E-state index in [0.717, 1.165) is 24.3 Å². The lowest BCUT2D eigenvalue weighted by molar-refractivity contribution is 0.0239. The van der Waals surface area contributed by atoms with E-state index in [1.165, 1.54) is 0 Å². The number of anilines is 1. The fraction of sp³-hybridized carbons (Fsp3) is 0.269. The largest absolute Gasteiger partial charge is 0.507 e. The van der Waals surface area contributed by atoms with Crippen LogP contribution in [0.1, 0.15) is 46.5 Å². The van der Waals surface area contributed by atoms with Crippen LogP contribution in [0.25, 0.3) is 0 Å². The summed E-state index contributed by atoms with van der Waals surface area (Å²) in [4.78, 5) is 15.1. The molecule has 1 aliphatic rings. The van der Waals surface area contributed by atoms with Gasteiger partial charge in [-0.15, -0.1) is 0 Å². The second kappa shape index (κ2) is 8.55. The predicted molar refractivity (Wildman–Crippen MR) is 124 cm³/mol. The maximum absolute atomic E-state index is 13.0. The predicted octanol–water partition coefficient (Wildman–Crippen LogP) is 4.17. The Balaban J connectivity index is 2.04. The van der Waals surface area contributed by atoms with Crippen LogP contribution in [0, 0.1) is 0 Å². The molecule has 0 bridgehead atoms. The SMILES string of the molecule is CCN(CC)c1ccc(C2(c3cc(CN)ccc3OC)OC(=O)c3ccccc32)c(O)c1. The number of carbonyl (C=O) groups excluding carboxylic acids is 1. The molecule has 3 aromatic carbocycles. The number of cyclic esters (lactones) is 1.